The van der Waals surface area contributed by atoms with E-state index in [-0.39, 0.29) is 46.5 Å². The summed E-state index contributed by atoms with van der Waals surface area (Å²) in [4.78, 5) is 35.8. The highest BCUT2D eigenvalue weighted by molar-refractivity contribution is 7.96. The number of hydrogen-bond donors (Lipinski definition) is 3. The van der Waals surface area contributed by atoms with Crippen LogP contribution in [-0.4, -0.2) is 79.6 Å². The van der Waals surface area contributed by atoms with Crippen LogP contribution in [0.1, 0.15) is 61.3 Å². The van der Waals surface area contributed by atoms with Crippen LogP contribution < -0.4 is 20.7 Å². The van der Waals surface area contributed by atoms with Gasteiger partial charge in [-0.05, 0) is 78.9 Å². The van der Waals surface area contributed by atoms with Crippen LogP contribution in [0.3, 0.4) is 0 Å². The molecule has 3 rings (SSSR count). The fourth-order valence-electron chi connectivity index (χ4n) is 4.02. The third kappa shape index (κ3) is 7.33. The van der Waals surface area contributed by atoms with Gasteiger partial charge in [0.1, 0.15) is 11.6 Å². The van der Waals surface area contributed by atoms with Gasteiger partial charge in [0.2, 0.25) is 5.95 Å². The first-order valence-electron chi connectivity index (χ1n) is 12.7. The lowest BCUT2D eigenvalue weighted by Gasteiger charge is -2.29. The van der Waals surface area contributed by atoms with Gasteiger partial charge >= 0.3 is 0 Å². The number of carbonyl (C=O) groups excluding carboxylic acids is 2. The highest BCUT2D eigenvalue weighted by Crippen LogP contribution is 2.29. The molecule has 11 nitrogen and oxygen atoms in total. The van der Waals surface area contributed by atoms with E-state index in [2.05, 4.69) is 44.4 Å². The van der Waals surface area contributed by atoms with Crippen molar-refractivity contribution >= 4 is 39.0 Å². The van der Waals surface area contributed by atoms with Crippen LogP contribution in [0.2, 0.25) is 0 Å². The van der Waals surface area contributed by atoms with Gasteiger partial charge < -0.3 is 25.6 Å². The molecule has 0 radical (unpaired) electrons. The summed E-state index contributed by atoms with van der Waals surface area (Å²) in [5, 5.41) is 9.05. The van der Waals surface area contributed by atoms with Crippen LogP contribution >= 0.6 is 0 Å². The molecule has 0 atom stereocenters. The Labute approximate surface area is 230 Å². The van der Waals surface area contributed by atoms with Gasteiger partial charge in [0.25, 0.3) is 5.91 Å². The van der Waals surface area contributed by atoms with Gasteiger partial charge in [-0.1, -0.05) is 6.58 Å². The van der Waals surface area contributed by atoms with Crippen LogP contribution in [0, 0.1) is 0 Å². The molecule has 1 fully saturated rings. The maximum atomic E-state index is 12.8. The van der Waals surface area contributed by atoms with Crippen molar-refractivity contribution in [1.29, 1.82) is 0 Å². The standard InChI is InChI=1S/C27H38N6O5S/c1-17(39(36,37)27(3,4)5)15-28-24-21(18(2)34)16-29-26(32-24)31-22-9-8-19(14-23(22)38-7)25(35)30-20-10-12-33(6)13-11-20/h8-9,14,16,20H,1,10-13,15H2,2-7H3,(H,30,35)(H2,28,29,31,32). The van der Waals surface area contributed by atoms with E-state index in [1.165, 1.54) is 20.2 Å². The number of piperidine rings is 1. The van der Waals surface area contributed by atoms with Crippen molar-refractivity contribution in [1.82, 2.24) is 20.2 Å². The zero-order chi connectivity index (χ0) is 29.0. The fourth-order valence-corrected chi connectivity index (χ4v) is 5.15. The van der Waals surface area contributed by atoms with Crippen molar-refractivity contribution in [3.8, 4) is 5.75 Å². The van der Waals surface area contributed by atoms with Crippen molar-refractivity contribution in [2.24, 2.45) is 0 Å². The molecule has 12 heteroatoms. The van der Waals surface area contributed by atoms with Crippen molar-refractivity contribution in [2.45, 2.75) is 51.3 Å². The minimum absolute atomic E-state index is 0.0200. The molecule has 1 aromatic carbocycles. The summed E-state index contributed by atoms with van der Waals surface area (Å²) in [7, 11) is -0.0610. The van der Waals surface area contributed by atoms with Gasteiger partial charge in [-0.15, -0.1) is 0 Å². The molecule has 2 aromatic rings. The Bertz CT molecular complexity index is 1340. The molecule has 0 bridgehead atoms. The maximum absolute atomic E-state index is 12.8. The van der Waals surface area contributed by atoms with Crippen molar-refractivity contribution in [3.05, 3.63) is 47.0 Å². The largest absolute Gasteiger partial charge is 0.495 e. The molecule has 0 spiro atoms. The predicted octanol–water partition coefficient (Wildman–Crippen LogP) is 3.39. The molecule has 212 valence electrons. The quantitative estimate of drug-likeness (QED) is 0.371. The molecule has 0 aliphatic carbocycles. The van der Waals surface area contributed by atoms with Gasteiger partial charge in [0.15, 0.2) is 15.6 Å². The molecule has 2 heterocycles. The topological polar surface area (TPSA) is 143 Å². The first-order chi connectivity index (χ1) is 18.2. The summed E-state index contributed by atoms with van der Waals surface area (Å²) in [6.45, 7) is 11.6. The first-order valence-corrected chi connectivity index (χ1v) is 14.2. The summed E-state index contributed by atoms with van der Waals surface area (Å²) >= 11 is 0. The van der Waals surface area contributed by atoms with Crippen LogP contribution in [0.4, 0.5) is 17.5 Å². The number of rotatable bonds is 10. The van der Waals surface area contributed by atoms with E-state index in [4.69, 9.17) is 4.74 Å². The van der Waals surface area contributed by atoms with E-state index in [1.807, 2.05) is 0 Å². The van der Waals surface area contributed by atoms with E-state index in [0.717, 1.165) is 25.9 Å². The zero-order valence-electron chi connectivity index (χ0n) is 23.4. The fraction of sp³-hybridized carbons (Fsp3) is 0.481. The number of ketones is 1. The molecule has 1 aromatic heterocycles. The number of amides is 1. The van der Waals surface area contributed by atoms with Crippen LogP contribution in [0.5, 0.6) is 5.75 Å². The van der Waals surface area contributed by atoms with Crippen molar-refractivity contribution < 1.29 is 22.7 Å². The highest BCUT2D eigenvalue weighted by atomic mass is 32.2. The molecule has 1 aliphatic heterocycles. The van der Waals surface area contributed by atoms with Gasteiger partial charge in [-0.3, -0.25) is 9.59 Å². The molecule has 1 amide bonds. The van der Waals surface area contributed by atoms with Crippen molar-refractivity contribution in [2.75, 3.05) is 44.4 Å². The van der Waals surface area contributed by atoms with E-state index in [0.29, 0.717) is 17.0 Å². The lowest BCUT2D eigenvalue weighted by molar-refractivity contribution is 0.0916. The first kappa shape index (κ1) is 30.0. The second-order valence-electron chi connectivity index (χ2n) is 10.6. The number of methoxy groups -OCH3 is 1. The number of nitrogens with one attached hydrogen (secondary N) is 3. The highest BCUT2D eigenvalue weighted by Gasteiger charge is 2.31. The smallest absolute Gasteiger partial charge is 0.251 e. The van der Waals surface area contributed by atoms with Crippen LogP contribution in [-0.2, 0) is 9.84 Å². The number of sulfone groups is 1. The Balaban J connectivity index is 1.77. The number of Topliss-reactive ketones (excluding diaryl/α,β-unsaturated/α-hetero) is 1. The number of nitrogens with zero attached hydrogens (tertiary/aromatic N) is 3. The molecule has 1 aliphatic rings. The molecule has 3 N–H and O–H groups in total. The number of anilines is 3. The number of benzene rings is 1. The SMILES string of the molecule is C=C(CNc1nc(Nc2ccc(C(=O)NC3CCN(C)CC3)cc2OC)ncc1C(C)=O)S(=O)(=O)C(C)(C)C. The van der Waals surface area contributed by atoms with Gasteiger partial charge in [0, 0.05) is 17.8 Å². The summed E-state index contributed by atoms with van der Waals surface area (Å²) in [5.74, 6) is 0.260. The Morgan fingerprint density at radius 1 is 1.21 bits per heavy atom. The molecule has 1 saturated heterocycles. The summed E-state index contributed by atoms with van der Waals surface area (Å²) in [6.07, 6.45) is 3.16. The van der Waals surface area contributed by atoms with E-state index in [1.54, 1.807) is 39.0 Å². The molecule has 0 unspecified atom stereocenters. The lowest BCUT2D eigenvalue weighted by Crippen LogP contribution is -2.43. The number of aromatic nitrogens is 2. The number of hydrogen-bond acceptors (Lipinski definition) is 10. The van der Waals surface area contributed by atoms with Crippen LogP contribution in [0.15, 0.2) is 35.9 Å². The Kier molecular flexibility index (Phi) is 9.34. The predicted molar refractivity (Wildman–Crippen MR) is 153 cm³/mol. The second kappa shape index (κ2) is 12.1. The van der Waals surface area contributed by atoms with E-state index < -0.39 is 14.6 Å². The normalized spacial score (nSPS) is 14.9. The van der Waals surface area contributed by atoms with Crippen LogP contribution in [0.25, 0.3) is 0 Å². The summed E-state index contributed by atoms with van der Waals surface area (Å²) < 4.78 is 29.8. The third-order valence-electron chi connectivity index (χ3n) is 6.57. The minimum atomic E-state index is -3.62. The van der Waals surface area contributed by atoms with Gasteiger partial charge in [-0.25, -0.2) is 13.4 Å². The third-order valence-corrected chi connectivity index (χ3v) is 9.09. The Morgan fingerprint density at radius 3 is 2.46 bits per heavy atom. The van der Waals surface area contributed by atoms with E-state index in [9.17, 15) is 18.0 Å². The monoisotopic (exact) mass is 558 g/mol. The Hall–Kier alpha value is -3.51. The second-order valence-corrected chi connectivity index (χ2v) is 13.4. The van der Waals surface area contributed by atoms with Gasteiger partial charge in [-0.2, -0.15) is 4.98 Å². The summed E-state index contributed by atoms with van der Waals surface area (Å²) in [5.41, 5.74) is 1.18. The average Bonchev–Trinajstić information content (AvgIpc) is 2.88. The maximum Gasteiger partial charge on any atom is 0.251 e. The van der Waals surface area contributed by atoms with Crippen molar-refractivity contribution in [3.63, 3.8) is 0 Å². The van der Waals surface area contributed by atoms with E-state index >= 15 is 0 Å². The molecular weight excluding hydrogens is 520 g/mol. The summed E-state index contributed by atoms with van der Waals surface area (Å²) in [6, 6.07) is 5.14. The molecular formula is C27H38N6O5S. The molecule has 0 saturated carbocycles. The number of ether oxygens (including phenoxy) is 1. The number of carbonyl (C=O) groups is 2. The minimum Gasteiger partial charge on any atom is -0.495 e. The molecule has 39 heavy (non-hydrogen) atoms. The van der Waals surface area contributed by atoms with Gasteiger partial charge in [0.05, 0.1) is 34.6 Å². The zero-order valence-corrected chi connectivity index (χ0v) is 24.2. The lowest BCUT2D eigenvalue weighted by atomic mass is 10.0. The number of likely N-dealkylation sites (tertiary alicyclic amines) is 1. The average molecular weight is 559 g/mol. The Morgan fingerprint density at radius 2 is 1.87 bits per heavy atom.